The summed E-state index contributed by atoms with van der Waals surface area (Å²) in [7, 11) is 0. The fourth-order valence-corrected chi connectivity index (χ4v) is 2.23. The predicted octanol–water partition coefficient (Wildman–Crippen LogP) is 4.62. The largest absolute Gasteiger partial charge is 0.490 e. The molecule has 0 heterocycles. The standard InChI is InChI=1S/C15H15BrFNO/c1-9(2)19-15-7-11(13(17)8-12(15)16)10-5-3-4-6-14(10)18/h3-9H,18H2,1-2H3. The zero-order chi connectivity index (χ0) is 14.0. The molecule has 0 unspecified atom stereocenters. The number of nitrogen functional groups attached to an aromatic ring is 1. The third-order valence-electron chi connectivity index (χ3n) is 2.64. The highest BCUT2D eigenvalue weighted by atomic mass is 79.9. The Bertz CT molecular complexity index is 599. The van der Waals surface area contributed by atoms with Gasteiger partial charge in [0.15, 0.2) is 0 Å². The molecule has 2 N–H and O–H groups in total. The van der Waals surface area contributed by atoms with Gasteiger partial charge in [0.05, 0.1) is 10.6 Å². The molecular formula is C15H15BrFNO. The SMILES string of the molecule is CC(C)Oc1cc(-c2ccccc2N)c(F)cc1Br. The Morgan fingerprint density at radius 3 is 2.47 bits per heavy atom. The molecule has 2 rings (SSSR count). The fourth-order valence-electron chi connectivity index (χ4n) is 1.82. The van der Waals surface area contributed by atoms with Crippen LogP contribution in [0.3, 0.4) is 0 Å². The van der Waals surface area contributed by atoms with Crippen LogP contribution >= 0.6 is 15.9 Å². The molecule has 0 aliphatic carbocycles. The van der Waals surface area contributed by atoms with Crippen molar-refractivity contribution in [1.82, 2.24) is 0 Å². The molecule has 0 aromatic heterocycles. The molecule has 2 aromatic rings. The lowest BCUT2D eigenvalue weighted by molar-refractivity contribution is 0.240. The molecule has 0 bridgehead atoms. The fraction of sp³-hybridized carbons (Fsp3) is 0.200. The molecule has 0 aliphatic heterocycles. The Hall–Kier alpha value is -1.55. The molecule has 100 valence electrons. The maximum absolute atomic E-state index is 14.1. The lowest BCUT2D eigenvalue weighted by atomic mass is 10.0. The maximum atomic E-state index is 14.1. The molecular weight excluding hydrogens is 309 g/mol. The highest BCUT2D eigenvalue weighted by Crippen LogP contribution is 2.36. The third kappa shape index (κ3) is 3.07. The minimum atomic E-state index is -0.333. The Balaban J connectivity index is 2.55. The molecule has 0 amide bonds. The van der Waals surface area contributed by atoms with Crippen LogP contribution in [-0.4, -0.2) is 6.10 Å². The van der Waals surface area contributed by atoms with Gasteiger partial charge in [-0.05, 0) is 48.0 Å². The van der Waals surface area contributed by atoms with Crippen molar-refractivity contribution in [2.24, 2.45) is 0 Å². The van der Waals surface area contributed by atoms with Gasteiger partial charge >= 0.3 is 0 Å². The summed E-state index contributed by atoms with van der Waals surface area (Å²) in [5, 5.41) is 0. The van der Waals surface area contributed by atoms with E-state index in [1.54, 1.807) is 18.2 Å². The Morgan fingerprint density at radius 1 is 1.16 bits per heavy atom. The molecule has 0 radical (unpaired) electrons. The topological polar surface area (TPSA) is 35.2 Å². The van der Waals surface area contributed by atoms with Gasteiger partial charge in [0.2, 0.25) is 0 Å². The summed E-state index contributed by atoms with van der Waals surface area (Å²) in [6, 6.07) is 10.3. The molecule has 2 nitrogen and oxygen atoms in total. The van der Waals surface area contributed by atoms with Gasteiger partial charge in [-0.15, -0.1) is 0 Å². The lowest BCUT2D eigenvalue weighted by Gasteiger charge is -2.14. The van der Waals surface area contributed by atoms with Gasteiger partial charge < -0.3 is 10.5 Å². The van der Waals surface area contributed by atoms with Crippen LogP contribution in [0, 0.1) is 5.82 Å². The quantitative estimate of drug-likeness (QED) is 0.836. The van der Waals surface area contributed by atoms with Gasteiger partial charge in [-0.1, -0.05) is 18.2 Å². The summed E-state index contributed by atoms with van der Waals surface area (Å²) >= 11 is 3.30. The van der Waals surface area contributed by atoms with E-state index < -0.39 is 0 Å². The van der Waals surface area contributed by atoms with Crippen LogP contribution in [0.15, 0.2) is 40.9 Å². The average Bonchev–Trinajstić information content (AvgIpc) is 2.33. The van der Waals surface area contributed by atoms with Gasteiger partial charge in [0.1, 0.15) is 11.6 Å². The van der Waals surface area contributed by atoms with Crippen molar-refractivity contribution < 1.29 is 9.13 Å². The van der Waals surface area contributed by atoms with E-state index >= 15 is 0 Å². The van der Waals surface area contributed by atoms with Crippen LogP contribution in [-0.2, 0) is 0 Å². The second kappa shape index (κ2) is 5.61. The van der Waals surface area contributed by atoms with Gasteiger partial charge in [-0.2, -0.15) is 0 Å². The van der Waals surface area contributed by atoms with Crippen molar-refractivity contribution in [3.63, 3.8) is 0 Å². The van der Waals surface area contributed by atoms with E-state index in [1.807, 2.05) is 26.0 Å². The number of halogens is 2. The minimum absolute atomic E-state index is 0.0164. The lowest BCUT2D eigenvalue weighted by Crippen LogP contribution is -2.06. The van der Waals surface area contributed by atoms with E-state index in [0.29, 0.717) is 27.0 Å². The van der Waals surface area contributed by atoms with Gasteiger partial charge in [0.25, 0.3) is 0 Å². The van der Waals surface area contributed by atoms with Crippen molar-refractivity contribution in [1.29, 1.82) is 0 Å². The third-order valence-corrected chi connectivity index (χ3v) is 3.25. The van der Waals surface area contributed by atoms with E-state index in [0.717, 1.165) is 0 Å². The number of rotatable bonds is 3. The van der Waals surface area contributed by atoms with Crippen LogP contribution in [0.25, 0.3) is 11.1 Å². The highest BCUT2D eigenvalue weighted by molar-refractivity contribution is 9.10. The highest BCUT2D eigenvalue weighted by Gasteiger charge is 2.13. The first-order valence-corrected chi connectivity index (χ1v) is 6.79. The number of hydrogen-bond donors (Lipinski definition) is 1. The maximum Gasteiger partial charge on any atom is 0.134 e. The van der Waals surface area contributed by atoms with E-state index in [4.69, 9.17) is 10.5 Å². The molecule has 0 saturated heterocycles. The van der Waals surface area contributed by atoms with Gasteiger partial charge in [-0.3, -0.25) is 0 Å². The molecule has 4 heteroatoms. The van der Waals surface area contributed by atoms with Crippen LogP contribution < -0.4 is 10.5 Å². The molecule has 0 atom stereocenters. The first kappa shape index (κ1) is 13.9. The van der Waals surface area contributed by atoms with Gasteiger partial charge in [0, 0.05) is 16.8 Å². The van der Waals surface area contributed by atoms with Crippen LogP contribution in [0.4, 0.5) is 10.1 Å². The number of anilines is 1. The molecule has 0 spiro atoms. The smallest absolute Gasteiger partial charge is 0.134 e. The molecule has 0 aliphatic rings. The number of nitrogens with two attached hydrogens (primary N) is 1. The molecule has 19 heavy (non-hydrogen) atoms. The van der Waals surface area contributed by atoms with Crippen molar-refractivity contribution >= 4 is 21.6 Å². The van der Waals surface area contributed by atoms with Crippen molar-refractivity contribution in [3.8, 4) is 16.9 Å². The second-order valence-corrected chi connectivity index (χ2v) is 5.37. The van der Waals surface area contributed by atoms with Crippen molar-refractivity contribution in [2.45, 2.75) is 20.0 Å². The summed E-state index contributed by atoms with van der Waals surface area (Å²) in [6.07, 6.45) is 0.0164. The average molecular weight is 324 g/mol. The van der Waals surface area contributed by atoms with Crippen LogP contribution in [0.1, 0.15) is 13.8 Å². The summed E-state index contributed by atoms with van der Waals surface area (Å²) in [6.45, 7) is 3.85. The summed E-state index contributed by atoms with van der Waals surface area (Å²) in [4.78, 5) is 0. The monoisotopic (exact) mass is 323 g/mol. The second-order valence-electron chi connectivity index (χ2n) is 4.52. The van der Waals surface area contributed by atoms with Crippen molar-refractivity contribution in [2.75, 3.05) is 5.73 Å². The van der Waals surface area contributed by atoms with E-state index in [2.05, 4.69) is 15.9 Å². The number of ether oxygens (including phenoxy) is 1. The molecule has 0 saturated carbocycles. The van der Waals surface area contributed by atoms with E-state index in [9.17, 15) is 4.39 Å². The number of para-hydroxylation sites is 1. The Labute approximate surface area is 120 Å². The van der Waals surface area contributed by atoms with Gasteiger partial charge in [-0.25, -0.2) is 4.39 Å². The van der Waals surface area contributed by atoms with E-state index in [-0.39, 0.29) is 11.9 Å². The normalized spacial score (nSPS) is 10.8. The van der Waals surface area contributed by atoms with Crippen molar-refractivity contribution in [3.05, 3.63) is 46.7 Å². The first-order valence-electron chi connectivity index (χ1n) is 5.99. The summed E-state index contributed by atoms with van der Waals surface area (Å²) in [5.74, 6) is 0.274. The summed E-state index contributed by atoms with van der Waals surface area (Å²) in [5.41, 5.74) is 7.54. The number of benzene rings is 2. The summed E-state index contributed by atoms with van der Waals surface area (Å²) < 4.78 is 20.3. The zero-order valence-electron chi connectivity index (χ0n) is 10.8. The number of hydrogen-bond acceptors (Lipinski definition) is 2. The Kier molecular flexibility index (Phi) is 4.10. The predicted molar refractivity (Wildman–Crippen MR) is 79.7 cm³/mol. The van der Waals surface area contributed by atoms with Crippen LogP contribution in [0.2, 0.25) is 0 Å². The zero-order valence-corrected chi connectivity index (χ0v) is 12.4. The minimum Gasteiger partial charge on any atom is -0.490 e. The molecule has 0 fully saturated rings. The first-order chi connectivity index (χ1) is 8.99. The van der Waals surface area contributed by atoms with E-state index in [1.165, 1.54) is 6.07 Å². The Morgan fingerprint density at radius 2 is 1.84 bits per heavy atom. The van der Waals surface area contributed by atoms with Crippen LogP contribution in [0.5, 0.6) is 5.75 Å². The molecule has 2 aromatic carbocycles.